The quantitative estimate of drug-likeness (QED) is 0.357. The van der Waals surface area contributed by atoms with E-state index in [9.17, 15) is 19.7 Å². The number of hydrogen-bond acceptors (Lipinski definition) is 7. The molecule has 6 rings (SSSR count). The van der Waals surface area contributed by atoms with Crippen LogP contribution in [0.15, 0.2) is 60.7 Å². The summed E-state index contributed by atoms with van der Waals surface area (Å²) in [7, 11) is 3.08. The van der Waals surface area contributed by atoms with Crippen LogP contribution >= 0.6 is 0 Å². The molecular formula is C30H30N4O6. The molecule has 0 aromatic heterocycles. The van der Waals surface area contributed by atoms with Gasteiger partial charge < -0.3 is 24.2 Å². The number of nitrogens with zero attached hydrogens (tertiary/aromatic N) is 4. The first kappa shape index (κ1) is 25.7. The normalized spacial score (nSPS) is 19.9. The number of methoxy groups -OCH3 is 2. The van der Waals surface area contributed by atoms with E-state index in [2.05, 4.69) is 11.0 Å². The number of nitro groups is 1. The van der Waals surface area contributed by atoms with Crippen LogP contribution in [0.4, 0.5) is 11.4 Å². The van der Waals surface area contributed by atoms with Crippen LogP contribution in [0.1, 0.15) is 39.0 Å². The van der Waals surface area contributed by atoms with Crippen molar-refractivity contribution in [2.24, 2.45) is 0 Å². The third-order valence-corrected chi connectivity index (χ3v) is 8.31. The van der Waals surface area contributed by atoms with Crippen LogP contribution in [0.5, 0.6) is 11.5 Å². The van der Waals surface area contributed by atoms with Gasteiger partial charge in [-0.3, -0.25) is 19.7 Å². The van der Waals surface area contributed by atoms with Gasteiger partial charge in [0.25, 0.3) is 11.6 Å². The highest BCUT2D eigenvalue weighted by atomic mass is 16.6. The van der Waals surface area contributed by atoms with Crippen LogP contribution in [-0.4, -0.2) is 73.5 Å². The minimum Gasteiger partial charge on any atom is -0.493 e. The lowest BCUT2D eigenvalue weighted by Crippen LogP contribution is -2.54. The van der Waals surface area contributed by atoms with Gasteiger partial charge >= 0.3 is 0 Å². The minimum atomic E-state index is -0.597. The van der Waals surface area contributed by atoms with E-state index in [1.807, 2.05) is 28.0 Å². The lowest BCUT2D eigenvalue weighted by atomic mass is 9.75. The van der Waals surface area contributed by atoms with Crippen molar-refractivity contribution in [1.82, 2.24) is 9.80 Å². The van der Waals surface area contributed by atoms with Gasteiger partial charge in [0, 0.05) is 56.1 Å². The lowest BCUT2D eigenvalue weighted by molar-refractivity contribution is -0.384. The van der Waals surface area contributed by atoms with E-state index in [1.165, 1.54) is 19.2 Å². The van der Waals surface area contributed by atoms with Crippen LogP contribution in [0, 0.1) is 10.1 Å². The minimum absolute atomic E-state index is 0.0315. The summed E-state index contributed by atoms with van der Waals surface area (Å²) in [6.07, 6.45) is 0.732. The molecule has 10 nitrogen and oxygen atoms in total. The molecule has 3 aliphatic heterocycles. The van der Waals surface area contributed by atoms with Crippen molar-refractivity contribution in [3.63, 3.8) is 0 Å². The highest BCUT2D eigenvalue weighted by Gasteiger charge is 2.48. The molecule has 2 amide bonds. The maximum Gasteiger partial charge on any atom is 0.269 e. The number of non-ortho nitro benzene ring substituents is 1. The summed E-state index contributed by atoms with van der Waals surface area (Å²) in [5, 5.41) is 11.0. The first-order valence-electron chi connectivity index (χ1n) is 13.3. The Kier molecular flexibility index (Phi) is 6.53. The van der Waals surface area contributed by atoms with Gasteiger partial charge in [-0.25, -0.2) is 0 Å². The fraction of sp³-hybridized carbons (Fsp3) is 0.333. The molecule has 0 N–H and O–H groups in total. The second-order valence-corrected chi connectivity index (χ2v) is 10.3. The summed E-state index contributed by atoms with van der Waals surface area (Å²) >= 11 is 0. The second-order valence-electron chi connectivity index (χ2n) is 10.3. The zero-order valence-corrected chi connectivity index (χ0v) is 22.4. The standard InChI is InChI=1S/C30H30N4O6/c1-39-25-17-23-24(18-26(25)40-2)29(35)33-12-11-19-5-3-4-6-22(19)28(33)27(23)30(36)32-15-13-31(14-16-32)20-7-9-21(10-8-20)34(37)38/h3-10,17-18,27-28H,11-16H2,1-2H3/t27-,28+/m1/s1. The van der Waals surface area contributed by atoms with Crippen LogP contribution in [0.25, 0.3) is 0 Å². The number of anilines is 1. The summed E-state index contributed by atoms with van der Waals surface area (Å²) in [4.78, 5) is 44.7. The Morgan fingerprint density at radius 1 is 0.900 bits per heavy atom. The fourth-order valence-corrected chi connectivity index (χ4v) is 6.28. The molecule has 10 heteroatoms. The Morgan fingerprint density at radius 2 is 1.57 bits per heavy atom. The van der Waals surface area contributed by atoms with Gasteiger partial charge in [-0.15, -0.1) is 0 Å². The van der Waals surface area contributed by atoms with Crippen LogP contribution in [0.2, 0.25) is 0 Å². The molecular weight excluding hydrogens is 512 g/mol. The van der Waals surface area contributed by atoms with E-state index in [0.717, 1.165) is 23.2 Å². The number of ether oxygens (including phenoxy) is 2. The van der Waals surface area contributed by atoms with E-state index in [0.29, 0.717) is 55.3 Å². The van der Waals surface area contributed by atoms with Crippen molar-refractivity contribution in [2.45, 2.75) is 18.4 Å². The Labute approximate surface area is 231 Å². The van der Waals surface area contributed by atoms with E-state index in [-0.39, 0.29) is 17.5 Å². The second kappa shape index (κ2) is 10.2. The van der Waals surface area contributed by atoms with Gasteiger partial charge in [-0.2, -0.15) is 0 Å². The van der Waals surface area contributed by atoms with Gasteiger partial charge in [-0.1, -0.05) is 24.3 Å². The maximum absolute atomic E-state index is 14.4. The summed E-state index contributed by atoms with van der Waals surface area (Å²) < 4.78 is 11.1. The van der Waals surface area contributed by atoms with E-state index < -0.39 is 16.9 Å². The molecule has 40 heavy (non-hydrogen) atoms. The number of hydrogen-bond donors (Lipinski definition) is 0. The number of amides is 2. The zero-order valence-electron chi connectivity index (χ0n) is 22.4. The van der Waals surface area contributed by atoms with Gasteiger partial charge in [0.05, 0.1) is 31.1 Å². The summed E-state index contributed by atoms with van der Waals surface area (Å²) in [6, 6.07) is 17.6. The van der Waals surface area contributed by atoms with Crippen molar-refractivity contribution in [3.05, 3.63) is 93.0 Å². The van der Waals surface area contributed by atoms with E-state index >= 15 is 0 Å². The number of nitro benzene ring substituents is 1. The molecule has 3 heterocycles. The molecule has 2 atom stereocenters. The SMILES string of the molecule is COc1cc2c(cc1OC)[C@@H](C(=O)N1CCN(c3ccc([N+](=O)[O-])cc3)CC1)[C@@H]1c3ccccc3CCN1C2=O. The van der Waals surface area contributed by atoms with Crippen LogP contribution < -0.4 is 14.4 Å². The summed E-state index contributed by atoms with van der Waals surface area (Å²) in [5.41, 5.74) is 4.22. The number of fused-ring (bicyclic) bond motifs is 4. The van der Waals surface area contributed by atoms with Crippen LogP contribution in [0.3, 0.4) is 0 Å². The van der Waals surface area contributed by atoms with Gasteiger partial charge in [-0.05, 0) is 47.4 Å². The zero-order chi connectivity index (χ0) is 28.0. The predicted molar refractivity (Wildman–Crippen MR) is 148 cm³/mol. The highest BCUT2D eigenvalue weighted by molar-refractivity contribution is 6.02. The number of benzene rings is 3. The monoisotopic (exact) mass is 542 g/mol. The van der Waals surface area contributed by atoms with Gasteiger partial charge in [0.2, 0.25) is 5.91 Å². The average molecular weight is 543 g/mol. The number of carbonyl (C=O) groups excluding carboxylic acids is 2. The molecule has 0 saturated carbocycles. The van der Waals surface area contributed by atoms with Crippen molar-refractivity contribution >= 4 is 23.2 Å². The molecule has 3 aromatic rings. The number of carbonyl (C=O) groups is 2. The Hall–Kier alpha value is -4.60. The van der Waals surface area contributed by atoms with E-state index in [4.69, 9.17) is 9.47 Å². The highest BCUT2D eigenvalue weighted by Crippen LogP contribution is 2.49. The number of piperazine rings is 1. The molecule has 0 aliphatic carbocycles. The Balaban J connectivity index is 1.34. The smallest absolute Gasteiger partial charge is 0.269 e. The van der Waals surface area contributed by atoms with E-state index in [1.54, 1.807) is 31.4 Å². The fourth-order valence-electron chi connectivity index (χ4n) is 6.28. The molecule has 0 bridgehead atoms. The van der Waals surface area contributed by atoms with Gasteiger partial charge in [0.1, 0.15) is 0 Å². The average Bonchev–Trinajstić information content (AvgIpc) is 3.00. The molecule has 0 spiro atoms. The molecule has 0 unspecified atom stereocenters. The lowest BCUT2D eigenvalue weighted by Gasteiger charge is -2.47. The van der Waals surface area contributed by atoms with Crippen molar-refractivity contribution in [2.75, 3.05) is 51.8 Å². The van der Waals surface area contributed by atoms with Crippen molar-refractivity contribution < 1.29 is 24.0 Å². The molecule has 3 aliphatic rings. The molecule has 0 radical (unpaired) electrons. The number of rotatable bonds is 5. The van der Waals surface area contributed by atoms with Crippen molar-refractivity contribution in [1.29, 1.82) is 0 Å². The third kappa shape index (κ3) is 4.20. The van der Waals surface area contributed by atoms with Crippen molar-refractivity contribution in [3.8, 4) is 11.5 Å². The molecule has 206 valence electrons. The summed E-state index contributed by atoms with van der Waals surface area (Å²) in [6.45, 7) is 2.72. The maximum atomic E-state index is 14.4. The molecule has 3 aromatic carbocycles. The Bertz CT molecular complexity index is 1480. The molecule has 1 fully saturated rings. The Morgan fingerprint density at radius 3 is 2.25 bits per heavy atom. The van der Waals surface area contributed by atoms with Gasteiger partial charge in [0.15, 0.2) is 11.5 Å². The largest absolute Gasteiger partial charge is 0.493 e. The predicted octanol–water partition coefficient (Wildman–Crippen LogP) is 3.80. The first-order valence-corrected chi connectivity index (χ1v) is 13.3. The summed E-state index contributed by atoms with van der Waals surface area (Å²) in [5.74, 6) is 0.194. The van der Waals surface area contributed by atoms with Crippen LogP contribution in [-0.2, 0) is 11.2 Å². The third-order valence-electron chi connectivity index (χ3n) is 8.31. The topological polar surface area (TPSA) is 105 Å². The molecule has 1 saturated heterocycles. The first-order chi connectivity index (χ1) is 19.4.